The molecule has 6 heteroatoms. The number of nitrogens with zero attached hydrogens (tertiary/aromatic N) is 2. The highest BCUT2D eigenvalue weighted by atomic mass is 32.2. The Morgan fingerprint density at radius 3 is 2.89 bits per heavy atom. The molecule has 102 valence electrons. The van der Waals surface area contributed by atoms with Crippen molar-refractivity contribution in [2.75, 3.05) is 6.54 Å². The molecule has 0 fully saturated rings. The standard InChI is InChI=1S/C13H16FN3S2/c1-3-12-16-13(19-17-12)18-11-7-5-6-10(14)9(11)8-15-4-2/h5-7,15H,3-4,8H2,1-2H3. The van der Waals surface area contributed by atoms with Crippen LogP contribution in [0.25, 0.3) is 0 Å². The van der Waals surface area contributed by atoms with Gasteiger partial charge in [0.25, 0.3) is 0 Å². The molecule has 0 aliphatic heterocycles. The highest BCUT2D eigenvalue weighted by Crippen LogP contribution is 2.32. The van der Waals surface area contributed by atoms with E-state index in [4.69, 9.17) is 0 Å². The molecule has 0 radical (unpaired) electrons. The monoisotopic (exact) mass is 297 g/mol. The minimum Gasteiger partial charge on any atom is -0.313 e. The lowest BCUT2D eigenvalue weighted by molar-refractivity contribution is 0.586. The summed E-state index contributed by atoms with van der Waals surface area (Å²) in [5.74, 6) is 0.670. The Morgan fingerprint density at radius 1 is 1.37 bits per heavy atom. The molecule has 0 unspecified atom stereocenters. The van der Waals surface area contributed by atoms with E-state index in [0.29, 0.717) is 12.1 Å². The van der Waals surface area contributed by atoms with Crippen molar-refractivity contribution in [3.8, 4) is 0 Å². The molecule has 0 saturated heterocycles. The van der Waals surface area contributed by atoms with Gasteiger partial charge in [-0.3, -0.25) is 0 Å². The highest BCUT2D eigenvalue weighted by molar-refractivity contribution is 8.01. The van der Waals surface area contributed by atoms with Crippen LogP contribution < -0.4 is 5.32 Å². The van der Waals surface area contributed by atoms with Crippen LogP contribution in [-0.4, -0.2) is 15.9 Å². The van der Waals surface area contributed by atoms with Gasteiger partial charge >= 0.3 is 0 Å². The summed E-state index contributed by atoms with van der Waals surface area (Å²) in [6.07, 6.45) is 0.824. The van der Waals surface area contributed by atoms with Crippen LogP contribution in [0.5, 0.6) is 0 Å². The second-order valence-electron chi connectivity index (χ2n) is 3.93. The fourth-order valence-corrected chi connectivity index (χ4v) is 3.38. The number of aromatic nitrogens is 2. The predicted molar refractivity (Wildman–Crippen MR) is 77.2 cm³/mol. The van der Waals surface area contributed by atoms with Crippen molar-refractivity contribution in [1.82, 2.24) is 14.7 Å². The minimum atomic E-state index is -0.175. The topological polar surface area (TPSA) is 37.8 Å². The van der Waals surface area contributed by atoms with E-state index in [-0.39, 0.29) is 5.82 Å². The Morgan fingerprint density at radius 2 is 2.21 bits per heavy atom. The first kappa shape index (κ1) is 14.4. The molecule has 0 aliphatic rings. The number of rotatable bonds is 6. The quantitative estimate of drug-likeness (QED) is 0.885. The van der Waals surface area contributed by atoms with E-state index in [1.165, 1.54) is 29.4 Å². The molecule has 1 heterocycles. The summed E-state index contributed by atoms with van der Waals surface area (Å²) in [6, 6.07) is 5.15. The zero-order chi connectivity index (χ0) is 13.7. The van der Waals surface area contributed by atoms with Crippen LogP contribution >= 0.6 is 23.3 Å². The minimum absolute atomic E-state index is 0.175. The Hall–Kier alpha value is -0.980. The first-order valence-corrected chi connectivity index (χ1v) is 7.82. The Bertz CT molecular complexity index is 542. The highest BCUT2D eigenvalue weighted by Gasteiger charge is 2.11. The molecule has 2 rings (SSSR count). The van der Waals surface area contributed by atoms with E-state index in [1.54, 1.807) is 6.07 Å². The van der Waals surface area contributed by atoms with Gasteiger partial charge in [-0.1, -0.05) is 31.7 Å². The number of halogens is 1. The van der Waals surface area contributed by atoms with Gasteiger partial charge in [-0.05, 0) is 30.2 Å². The van der Waals surface area contributed by atoms with Crippen LogP contribution in [-0.2, 0) is 13.0 Å². The summed E-state index contributed by atoms with van der Waals surface area (Å²) in [7, 11) is 0. The van der Waals surface area contributed by atoms with Crippen molar-refractivity contribution in [2.45, 2.75) is 36.0 Å². The van der Waals surface area contributed by atoms with E-state index >= 15 is 0 Å². The fraction of sp³-hybridized carbons (Fsp3) is 0.385. The molecule has 19 heavy (non-hydrogen) atoms. The van der Waals surface area contributed by atoms with Gasteiger partial charge in [0.05, 0.1) is 0 Å². The summed E-state index contributed by atoms with van der Waals surface area (Å²) in [5.41, 5.74) is 0.697. The van der Waals surface area contributed by atoms with Crippen LogP contribution in [0.4, 0.5) is 4.39 Å². The second kappa shape index (κ2) is 6.98. The lowest BCUT2D eigenvalue weighted by Gasteiger charge is -2.09. The van der Waals surface area contributed by atoms with Gasteiger partial charge in [-0.15, -0.1) is 0 Å². The van der Waals surface area contributed by atoms with Crippen molar-refractivity contribution in [1.29, 1.82) is 0 Å². The number of benzene rings is 1. The van der Waals surface area contributed by atoms with Crippen LogP contribution in [0.15, 0.2) is 27.4 Å². The molecule has 0 saturated carbocycles. The van der Waals surface area contributed by atoms with Crippen molar-refractivity contribution < 1.29 is 4.39 Å². The van der Waals surface area contributed by atoms with Gasteiger partial charge in [-0.2, -0.15) is 4.37 Å². The maximum atomic E-state index is 13.9. The zero-order valence-corrected chi connectivity index (χ0v) is 12.6. The van der Waals surface area contributed by atoms with Crippen LogP contribution in [0.1, 0.15) is 25.2 Å². The van der Waals surface area contributed by atoms with Crippen molar-refractivity contribution >= 4 is 23.3 Å². The van der Waals surface area contributed by atoms with Crippen molar-refractivity contribution in [3.63, 3.8) is 0 Å². The summed E-state index contributed by atoms with van der Waals surface area (Å²) in [4.78, 5) is 5.31. The van der Waals surface area contributed by atoms with E-state index in [0.717, 1.165) is 28.0 Å². The maximum Gasteiger partial charge on any atom is 0.174 e. The molecular formula is C13H16FN3S2. The third kappa shape index (κ3) is 3.75. The van der Waals surface area contributed by atoms with Gasteiger partial charge in [0.2, 0.25) is 0 Å². The average molecular weight is 297 g/mol. The summed E-state index contributed by atoms with van der Waals surface area (Å²) >= 11 is 2.85. The lowest BCUT2D eigenvalue weighted by Crippen LogP contribution is -2.13. The van der Waals surface area contributed by atoms with Crippen molar-refractivity contribution in [2.24, 2.45) is 0 Å². The second-order valence-corrected chi connectivity index (χ2v) is 5.97. The van der Waals surface area contributed by atoms with E-state index < -0.39 is 0 Å². The fourth-order valence-electron chi connectivity index (χ4n) is 1.57. The van der Waals surface area contributed by atoms with E-state index in [1.807, 2.05) is 19.9 Å². The van der Waals surface area contributed by atoms with Crippen LogP contribution in [0, 0.1) is 5.82 Å². The maximum absolute atomic E-state index is 13.9. The first-order valence-electron chi connectivity index (χ1n) is 6.23. The third-order valence-electron chi connectivity index (χ3n) is 2.59. The number of hydrogen-bond acceptors (Lipinski definition) is 5. The van der Waals surface area contributed by atoms with Crippen molar-refractivity contribution in [3.05, 3.63) is 35.4 Å². The van der Waals surface area contributed by atoms with Gasteiger partial charge in [0.15, 0.2) is 4.34 Å². The Labute approximate surface area is 120 Å². The zero-order valence-electron chi connectivity index (χ0n) is 10.9. The summed E-state index contributed by atoms with van der Waals surface area (Å²) in [6.45, 7) is 5.38. The van der Waals surface area contributed by atoms with Gasteiger partial charge in [0, 0.05) is 23.4 Å². The molecule has 0 bridgehead atoms. The molecule has 0 amide bonds. The van der Waals surface area contributed by atoms with Gasteiger partial charge < -0.3 is 5.32 Å². The third-order valence-corrected chi connectivity index (χ3v) is 4.48. The molecule has 2 aromatic rings. The molecule has 1 aromatic carbocycles. The largest absolute Gasteiger partial charge is 0.313 e. The molecule has 0 aliphatic carbocycles. The Kier molecular flexibility index (Phi) is 5.30. The first-order chi connectivity index (χ1) is 9.24. The Balaban J connectivity index is 2.21. The van der Waals surface area contributed by atoms with Gasteiger partial charge in [0.1, 0.15) is 11.6 Å². The van der Waals surface area contributed by atoms with Crippen LogP contribution in [0.2, 0.25) is 0 Å². The summed E-state index contributed by atoms with van der Waals surface area (Å²) < 4.78 is 19.0. The predicted octanol–water partition coefficient (Wildman–Crippen LogP) is 3.50. The molecule has 3 nitrogen and oxygen atoms in total. The molecule has 0 spiro atoms. The lowest BCUT2D eigenvalue weighted by atomic mass is 10.2. The molecule has 0 atom stereocenters. The van der Waals surface area contributed by atoms with Gasteiger partial charge in [-0.25, -0.2) is 9.37 Å². The number of nitrogens with one attached hydrogen (secondary N) is 1. The molecular weight excluding hydrogens is 281 g/mol. The van der Waals surface area contributed by atoms with E-state index in [9.17, 15) is 4.39 Å². The number of hydrogen-bond donors (Lipinski definition) is 1. The SMILES string of the molecule is CCNCc1c(F)cccc1Sc1nc(CC)ns1. The molecule has 1 N–H and O–H groups in total. The smallest absolute Gasteiger partial charge is 0.174 e. The summed E-state index contributed by atoms with van der Waals surface area (Å²) in [5, 5.41) is 3.16. The number of aryl methyl sites for hydroxylation is 1. The van der Waals surface area contributed by atoms with E-state index in [2.05, 4.69) is 14.7 Å². The normalized spacial score (nSPS) is 10.9. The molecule has 1 aromatic heterocycles. The average Bonchev–Trinajstić information content (AvgIpc) is 2.86. The van der Waals surface area contributed by atoms with Crippen LogP contribution in [0.3, 0.4) is 0 Å².